The van der Waals surface area contributed by atoms with Crippen molar-refractivity contribution < 1.29 is 14.4 Å². The predicted molar refractivity (Wildman–Crippen MR) is 95.3 cm³/mol. The van der Waals surface area contributed by atoms with Crippen molar-refractivity contribution in [1.29, 1.82) is 0 Å². The Balaban J connectivity index is 2.12. The van der Waals surface area contributed by atoms with E-state index in [2.05, 4.69) is 10.6 Å². The monoisotopic (exact) mass is 319 g/mol. The Kier molecular flexibility index (Phi) is 3.41. The first-order valence-corrected chi connectivity index (χ1v) is 7.71. The van der Waals surface area contributed by atoms with Gasteiger partial charge < -0.3 is 14.6 Å². The molecule has 0 fully saturated rings. The molecular weight excluding hydrogens is 304 g/mol. The van der Waals surface area contributed by atoms with E-state index in [-0.39, 0.29) is 5.82 Å². The lowest BCUT2D eigenvalue weighted by molar-refractivity contribution is 0.426. The standard InChI is InChI=1S/C19H15BFNO2/c1-12-2-8-18-16(10-12)17-11-13(20(23)24)3-9-19(17)22(18)15-6-4-14(21)5-7-15/h2-11,23-24H,1H3. The average molecular weight is 319 g/mol. The molecule has 24 heavy (non-hydrogen) atoms. The third kappa shape index (κ3) is 2.30. The fourth-order valence-electron chi connectivity index (χ4n) is 3.18. The summed E-state index contributed by atoms with van der Waals surface area (Å²) in [6.07, 6.45) is 0. The van der Waals surface area contributed by atoms with Crippen LogP contribution >= 0.6 is 0 Å². The van der Waals surface area contributed by atoms with Gasteiger partial charge in [0.15, 0.2) is 0 Å². The summed E-state index contributed by atoms with van der Waals surface area (Å²) in [6.45, 7) is 2.02. The molecule has 0 spiro atoms. The summed E-state index contributed by atoms with van der Waals surface area (Å²) in [6, 6.07) is 17.8. The van der Waals surface area contributed by atoms with Crippen LogP contribution in [0.3, 0.4) is 0 Å². The summed E-state index contributed by atoms with van der Waals surface area (Å²) in [5.41, 5.74) is 4.36. The molecule has 0 saturated carbocycles. The van der Waals surface area contributed by atoms with E-state index in [9.17, 15) is 14.4 Å². The zero-order chi connectivity index (χ0) is 16.8. The van der Waals surface area contributed by atoms with Crippen LogP contribution in [0, 0.1) is 12.7 Å². The Morgan fingerprint density at radius 2 is 1.46 bits per heavy atom. The molecular formula is C19H15BFNO2. The summed E-state index contributed by atoms with van der Waals surface area (Å²) in [5.74, 6) is -0.277. The Hall–Kier alpha value is -2.63. The molecule has 0 aliphatic carbocycles. The van der Waals surface area contributed by atoms with Crippen molar-refractivity contribution in [3.8, 4) is 5.69 Å². The third-order valence-corrected chi connectivity index (χ3v) is 4.33. The Morgan fingerprint density at radius 3 is 2.12 bits per heavy atom. The van der Waals surface area contributed by atoms with Crippen LogP contribution in [-0.2, 0) is 0 Å². The van der Waals surface area contributed by atoms with Crippen molar-refractivity contribution in [2.45, 2.75) is 6.92 Å². The molecule has 118 valence electrons. The first-order valence-electron chi connectivity index (χ1n) is 7.71. The second-order valence-electron chi connectivity index (χ2n) is 5.98. The molecule has 0 saturated heterocycles. The molecule has 0 unspecified atom stereocenters. The van der Waals surface area contributed by atoms with Gasteiger partial charge in [-0.25, -0.2) is 4.39 Å². The number of benzene rings is 3. The number of rotatable bonds is 2. The zero-order valence-electron chi connectivity index (χ0n) is 13.1. The fourth-order valence-corrected chi connectivity index (χ4v) is 3.18. The molecule has 2 N–H and O–H groups in total. The maximum absolute atomic E-state index is 13.3. The van der Waals surface area contributed by atoms with Gasteiger partial charge in [-0.3, -0.25) is 0 Å². The van der Waals surface area contributed by atoms with Crippen LogP contribution in [0.4, 0.5) is 4.39 Å². The van der Waals surface area contributed by atoms with Crippen molar-refractivity contribution in [2.75, 3.05) is 0 Å². The first kappa shape index (κ1) is 14.9. The van der Waals surface area contributed by atoms with Gasteiger partial charge >= 0.3 is 7.12 Å². The van der Waals surface area contributed by atoms with Gasteiger partial charge in [0.2, 0.25) is 0 Å². The van der Waals surface area contributed by atoms with Crippen molar-refractivity contribution in [2.24, 2.45) is 0 Å². The van der Waals surface area contributed by atoms with E-state index in [1.807, 2.05) is 25.1 Å². The predicted octanol–water partition coefficient (Wildman–Crippen LogP) is 2.91. The molecule has 0 radical (unpaired) electrons. The average Bonchev–Trinajstić information content (AvgIpc) is 2.88. The van der Waals surface area contributed by atoms with E-state index < -0.39 is 7.12 Å². The van der Waals surface area contributed by atoms with E-state index in [0.717, 1.165) is 33.1 Å². The highest BCUT2D eigenvalue weighted by Gasteiger charge is 2.16. The molecule has 0 aliphatic rings. The molecule has 0 aliphatic heterocycles. The van der Waals surface area contributed by atoms with Gasteiger partial charge in [-0.1, -0.05) is 23.8 Å². The van der Waals surface area contributed by atoms with Gasteiger partial charge in [0.1, 0.15) is 5.82 Å². The van der Waals surface area contributed by atoms with E-state index in [4.69, 9.17) is 0 Å². The second kappa shape index (κ2) is 5.48. The molecule has 0 bridgehead atoms. The minimum atomic E-state index is -1.51. The van der Waals surface area contributed by atoms with Crippen LogP contribution in [0.2, 0.25) is 0 Å². The van der Waals surface area contributed by atoms with Crippen LogP contribution in [0.5, 0.6) is 0 Å². The minimum absolute atomic E-state index is 0.277. The number of nitrogens with zero attached hydrogens (tertiary/aromatic N) is 1. The maximum Gasteiger partial charge on any atom is 0.488 e. The highest BCUT2D eigenvalue weighted by Crippen LogP contribution is 2.32. The van der Waals surface area contributed by atoms with Gasteiger partial charge in [-0.2, -0.15) is 0 Å². The molecule has 1 aromatic heterocycles. The highest BCUT2D eigenvalue weighted by molar-refractivity contribution is 6.59. The van der Waals surface area contributed by atoms with Crippen LogP contribution < -0.4 is 5.46 Å². The van der Waals surface area contributed by atoms with E-state index in [0.29, 0.717) is 5.46 Å². The lowest BCUT2D eigenvalue weighted by Gasteiger charge is -2.08. The van der Waals surface area contributed by atoms with Gasteiger partial charge in [-0.05, 0) is 54.9 Å². The smallest absolute Gasteiger partial charge is 0.423 e. The van der Waals surface area contributed by atoms with Gasteiger partial charge in [0.05, 0.1) is 11.0 Å². The number of aryl methyl sites for hydroxylation is 1. The van der Waals surface area contributed by atoms with E-state index in [1.165, 1.54) is 12.1 Å². The molecule has 0 atom stereocenters. The number of aromatic nitrogens is 1. The summed E-state index contributed by atoms with van der Waals surface area (Å²) in [5, 5.41) is 20.9. The van der Waals surface area contributed by atoms with Crippen molar-refractivity contribution in [1.82, 2.24) is 4.57 Å². The second-order valence-corrected chi connectivity index (χ2v) is 5.98. The van der Waals surface area contributed by atoms with Crippen LogP contribution in [0.15, 0.2) is 60.7 Å². The van der Waals surface area contributed by atoms with Crippen LogP contribution in [0.1, 0.15) is 5.56 Å². The maximum atomic E-state index is 13.3. The molecule has 0 amide bonds. The van der Waals surface area contributed by atoms with Gasteiger partial charge in [-0.15, -0.1) is 0 Å². The number of hydrogen-bond donors (Lipinski definition) is 2. The number of halogens is 1. The van der Waals surface area contributed by atoms with E-state index in [1.54, 1.807) is 24.3 Å². The fraction of sp³-hybridized carbons (Fsp3) is 0.0526. The topological polar surface area (TPSA) is 45.4 Å². The number of hydrogen-bond acceptors (Lipinski definition) is 2. The molecule has 3 aromatic carbocycles. The minimum Gasteiger partial charge on any atom is -0.423 e. The Morgan fingerprint density at radius 1 is 0.833 bits per heavy atom. The lowest BCUT2D eigenvalue weighted by Crippen LogP contribution is -2.29. The molecule has 5 heteroatoms. The third-order valence-electron chi connectivity index (χ3n) is 4.33. The summed E-state index contributed by atoms with van der Waals surface area (Å²) in [7, 11) is -1.51. The van der Waals surface area contributed by atoms with Gasteiger partial charge in [0.25, 0.3) is 0 Å². The first-order chi connectivity index (χ1) is 11.5. The summed E-state index contributed by atoms with van der Waals surface area (Å²) >= 11 is 0. The quantitative estimate of drug-likeness (QED) is 0.558. The Bertz CT molecular complexity index is 1050. The Labute approximate surface area is 138 Å². The normalized spacial score (nSPS) is 11.3. The zero-order valence-corrected chi connectivity index (χ0v) is 13.1. The van der Waals surface area contributed by atoms with Crippen molar-refractivity contribution in [3.63, 3.8) is 0 Å². The molecule has 3 nitrogen and oxygen atoms in total. The lowest BCUT2D eigenvalue weighted by atomic mass is 9.80. The molecule has 1 heterocycles. The molecule has 4 rings (SSSR count). The van der Waals surface area contributed by atoms with Crippen molar-refractivity contribution >= 4 is 34.4 Å². The summed E-state index contributed by atoms with van der Waals surface area (Å²) in [4.78, 5) is 0. The molecule has 4 aromatic rings. The highest BCUT2D eigenvalue weighted by atomic mass is 19.1. The largest absolute Gasteiger partial charge is 0.488 e. The summed E-state index contributed by atoms with van der Waals surface area (Å²) < 4.78 is 15.3. The van der Waals surface area contributed by atoms with Crippen molar-refractivity contribution in [3.05, 3.63) is 72.0 Å². The van der Waals surface area contributed by atoms with Gasteiger partial charge in [0, 0.05) is 16.5 Å². The number of fused-ring (bicyclic) bond motifs is 3. The van der Waals surface area contributed by atoms with Crippen LogP contribution in [-0.4, -0.2) is 21.7 Å². The SMILES string of the molecule is Cc1ccc2c(c1)c1cc(B(O)O)ccc1n2-c1ccc(F)cc1. The van der Waals surface area contributed by atoms with E-state index >= 15 is 0 Å². The van der Waals surface area contributed by atoms with Crippen LogP contribution in [0.25, 0.3) is 27.5 Å².